The van der Waals surface area contributed by atoms with Gasteiger partial charge in [0.2, 0.25) is 5.91 Å². The van der Waals surface area contributed by atoms with Crippen molar-refractivity contribution in [2.45, 2.75) is 19.8 Å². The molecule has 2 aromatic heterocycles. The number of rotatable bonds is 5. The van der Waals surface area contributed by atoms with E-state index in [4.69, 9.17) is 4.42 Å². The zero-order chi connectivity index (χ0) is 19.3. The van der Waals surface area contributed by atoms with Gasteiger partial charge in [-0.2, -0.15) is 0 Å². The summed E-state index contributed by atoms with van der Waals surface area (Å²) < 4.78 is 5.82. The van der Waals surface area contributed by atoms with E-state index in [9.17, 15) is 4.79 Å². The third kappa shape index (κ3) is 4.22. The molecule has 0 unspecified atom stereocenters. The Hall–Kier alpha value is -3.15. The molecule has 3 heterocycles. The van der Waals surface area contributed by atoms with Gasteiger partial charge in [-0.15, -0.1) is 0 Å². The van der Waals surface area contributed by atoms with Gasteiger partial charge in [0, 0.05) is 50.8 Å². The maximum Gasteiger partial charge on any atom is 0.223 e. The van der Waals surface area contributed by atoms with Crippen LogP contribution in [-0.4, -0.2) is 47.0 Å². The largest absolute Gasteiger partial charge is 0.441 e. The lowest BCUT2D eigenvalue weighted by Crippen LogP contribution is -2.49. The molecule has 1 saturated heterocycles. The molecule has 0 radical (unpaired) electrons. The Bertz CT molecular complexity index is 913. The number of pyridine rings is 1. The fourth-order valence-electron chi connectivity index (χ4n) is 3.37. The first-order chi connectivity index (χ1) is 13.7. The number of hydrogen-bond donors (Lipinski definition) is 0. The molecule has 1 aromatic carbocycles. The molecule has 0 bridgehead atoms. The Morgan fingerprint density at radius 1 is 1.04 bits per heavy atom. The first kappa shape index (κ1) is 18.2. The molecule has 0 saturated carbocycles. The Morgan fingerprint density at radius 2 is 1.82 bits per heavy atom. The van der Waals surface area contributed by atoms with Crippen molar-refractivity contribution in [2.75, 3.05) is 31.1 Å². The second-order valence-electron chi connectivity index (χ2n) is 7.04. The van der Waals surface area contributed by atoms with Gasteiger partial charge in [-0.05, 0) is 19.1 Å². The molecule has 3 aromatic rings. The van der Waals surface area contributed by atoms with Gasteiger partial charge < -0.3 is 14.2 Å². The fourth-order valence-corrected chi connectivity index (χ4v) is 3.37. The molecule has 6 nitrogen and oxygen atoms in total. The number of piperazine rings is 1. The maximum atomic E-state index is 12.6. The summed E-state index contributed by atoms with van der Waals surface area (Å²) in [5, 5.41) is 0. The van der Waals surface area contributed by atoms with Gasteiger partial charge >= 0.3 is 0 Å². The molecule has 1 aliphatic heterocycles. The first-order valence-corrected chi connectivity index (χ1v) is 9.64. The van der Waals surface area contributed by atoms with Crippen LogP contribution in [0, 0.1) is 6.92 Å². The van der Waals surface area contributed by atoms with Crippen LogP contribution in [0.4, 0.5) is 5.82 Å². The van der Waals surface area contributed by atoms with Gasteiger partial charge in [-0.3, -0.25) is 4.79 Å². The topological polar surface area (TPSA) is 62.5 Å². The third-order valence-electron chi connectivity index (χ3n) is 5.05. The van der Waals surface area contributed by atoms with Crippen molar-refractivity contribution in [1.29, 1.82) is 0 Å². The van der Waals surface area contributed by atoms with Crippen LogP contribution in [0.3, 0.4) is 0 Å². The SMILES string of the molecule is Cc1ccc(-c2cnc(CCC(=O)N3CCN(c4ccccn4)CC3)o2)cc1. The number of aromatic nitrogens is 2. The van der Waals surface area contributed by atoms with Crippen LogP contribution in [0.15, 0.2) is 59.3 Å². The molecule has 4 rings (SSSR count). The summed E-state index contributed by atoms with van der Waals surface area (Å²) in [5.74, 6) is 2.47. The van der Waals surface area contributed by atoms with Crippen LogP contribution in [0.2, 0.25) is 0 Å². The number of carbonyl (C=O) groups excluding carboxylic acids is 1. The van der Waals surface area contributed by atoms with E-state index < -0.39 is 0 Å². The lowest BCUT2D eigenvalue weighted by atomic mass is 10.1. The summed E-state index contributed by atoms with van der Waals surface area (Å²) in [5.41, 5.74) is 2.21. The van der Waals surface area contributed by atoms with Crippen molar-refractivity contribution < 1.29 is 9.21 Å². The molecular weight excluding hydrogens is 352 g/mol. The summed E-state index contributed by atoms with van der Waals surface area (Å²) in [6.45, 7) is 5.10. The van der Waals surface area contributed by atoms with Crippen molar-refractivity contribution in [3.8, 4) is 11.3 Å². The minimum atomic E-state index is 0.149. The van der Waals surface area contributed by atoms with Gasteiger partial charge in [-0.25, -0.2) is 9.97 Å². The molecule has 1 amide bonds. The molecule has 6 heteroatoms. The highest BCUT2D eigenvalue weighted by atomic mass is 16.4. The number of anilines is 1. The minimum Gasteiger partial charge on any atom is -0.441 e. The lowest BCUT2D eigenvalue weighted by molar-refractivity contribution is -0.131. The third-order valence-corrected chi connectivity index (χ3v) is 5.05. The second-order valence-corrected chi connectivity index (χ2v) is 7.04. The number of aryl methyl sites for hydroxylation is 2. The van der Waals surface area contributed by atoms with E-state index in [0.717, 1.165) is 43.3 Å². The van der Waals surface area contributed by atoms with Crippen molar-refractivity contribution in [1.82, 2.24) is 14.9 Å². The Labute approximate surface area is 164 Å². The summed E-state index contributed by atoms with van der Waals surface area (Å²) in [7, 11) is 0. The monoisotopic (exact) mass is 376 g/mol. The highest BCUT2D eigenvalue weighted by Gasteiger charge is 2.22. The van der Waals surface area contributed by atoms with Crippen LogP contribution in [0.25, 0.3) is 11.3 Å². The molecule has 28 heavy (non-hydrogen) atoms. The minimum absolute atomic E-state index is 0.149. The number of benzene rings is 1. The smallest absolute Gasteiger partial charge is 0.223 e. The molecule has 0 spiro atoms. The Balaban J connectivity index is 1.28. The molecule has 1 aliphatic rings. The molecule has 0 atom stereocenters. The van der Waals surface area contributed by atoms with E-state index in [1.54, 1.807) is 12.4 Å². The molecule has 1 fully saturated rings. The zero-order valence-corrected chi connectivity index (χ0v) is 16.0. The standard InChI is InChI=1S/C22H24N4O2/c1-17-5-7-18(8-6-17)19-16-24-21(28-19)9-10-22(27)26-14-12-25(13-15-26)20-4-2-3-11-23-20/h2-8,11,16H,9-10,12-15H2,1H3. The van der Waals surface area contributed by atoms with Crippen LogP contribution in [-0.2, 0) is 11.2 Å². The predicted molar refractivity (Wildman–Crippen MR) is 108 cm³/mol. The van der Waals surface area contributed by atoms with Crippen LogP contribution >= 0.6 is 0 Å². The number of carbonyl (C=O) groups is 1. The highest BCUT2D eigenvalue weighted by Crippen LogP contribution is 2.21. The predicted octanol–water partition coefficient (Wildman–Crippen LogP) is 3.33. The average molecular weight is 376 g/mol. The summed E-state index contributed by atoms with van der Waals surface area (Å²) in [6.07, 6.45) is 4.47. The van der Waals surface area contributed by atoms with Crippen LogP contribution in [0.5, 0.6) is 0 Å². The number of amides is 1. The number of hydrogen-bond acceptors (Lipinski definition) is 5. The zero-order valence-electron chi connectivity index (χ0n) is 16.0. The van der Waals surface area contributed by atoms with Crippen molar-refractivity contribution in [2.24, 2.45) is 0 Å². The number of nitrogens with zero attached hydrogens (tertiary/aromatic N) is 4. The van der Waals surface area contributed by atoms with Gasteiger partial charge in [0.05, 0.1) is 6.20 Å². The van der Waals surface area contributed by atoms with E-state index >= 15 is 0 Å². The second kappa shape index (κ2) is 8.25. The molecule has 144 valence electrons. The maximum absolute atomic E-state index is 12.6. The van der Waals surface area contributed by atoms with E-state index in [0.29, 0.717) is 18.7 Å². The quantitative estimate of drug-likeness (QED) is 0.684. The Morgan fingerprint density at radius 3 is 2.54 bits per heavy atom. The van der Waals surface area contributed by atoms with Crippen molar-refractivity contribution in [3.05, 3.63) is 66.3 Å². The van der Waals surface area contributed by atoms with Crippen molar-refractivity contribution >= 4 is 11.7 Å². The Kier molecular flexibility index (Phi) is 5.37. The van der Waals surface area contributed by atoms with E-state index in [1.165, 1.54) is 5.56 Å². The van der Waals surface area contributed by atoms with Gasteiger partial charge in [0.15, 0.2) is 11.7 Å². The van der Waals surface area contributed by atoms with Gasteiger partial charge in [-0.1, -0.05) is 35.9 Å². The van der Waals surface area contributed by atoms with Crippen molar-refractivity contribution in [3.63, 3.8) is 0 Å². The molecule has 0 N–H and O–H groups in total. The highest BCUT2D eigenvalue weighted by molar-refractivity contribution is 5.76. The fraction of sp³-hybridized carbons (Fsp3) is 0.318. The first-order valence-electron chi connectivity index (χ1n) is 9.64. The van der Waals surface area contributed by atoms with E-state index in [-0.39, 0.29) is 5.91 Å². The van der Waals surface area contributed by atoms with Gasteiger partial charge in [0.25, 0.3) is 0 Å². The van der Waals surface area contributed by atoms with Gasteiger partial charge in [0.1, 0.15) is 5.82 Å². The average Bonchev–Trinajstić information content (AvgIpc) is 3.22. The van der Waals surface area contributed by atoms with E-state index in [1.807, 2.05) is 47.4 Å². The normalized spacial score (nSPS) is 14.3. The molecule has 0 aliphatic carbocycles. The lowest BCUT2D eigenvalue weighted by Gasteiger charge is -2.35. The summed E-state index contributed by atoms with van der Waals surface area (Å²) in [4.78, 5) is 25.4. The van der Waals surface area contributed by atoms with E-state index in [2.05, 4.69) is 21.8 Å². The molecular formula is C22H24N4O2. The summed E-state index contributed by atoms with van der Waals surface area (Å²) in [6, 6.07) is 14.0. The summed E-state index contributed by atoms with van der Waals surface area (Å²) >= 11 is 0. The van der Waals surface area contributed by atoms with Crippen LogP contribution < -0.4 is 4.90 Å². The number of oxazole rings is 1. The van der Waals surface area contributed by atoms with Crippen LogP contribution in [0.1, 0.15) is 17.9 Å².